The van der Waals surface area contributed by atoms with E-state index < -0.39 is 0 Å². The van der Waals surface area contributed by atoms with Crippen molar-refractivity contribution >= 4 is 34.9 Å². The average Bonchev–Trinajstić information content (AvgIpc) is 3.22. The number of rotatable bonds is 4. The molecular weight excluding hydrogens is 344 g/mol. The number of aromatic nitrogens is 2. The van der Waals surface area contributed by atoms with Gasteiger partial charge in [0, 0.05) is 38.3 Å². The van der Waals surface area contributed by atoms with E-state index in [-0.39, 0.29) is 0 Å². The van der Waals surface area contributed by atoms with Crippen molar-refractivity contribution in [2.24, 2.45) is 11.8 Å². The zero-order valence-electron chi connectivity index (χ0n) is 15.9. The third-order valence-electron chi connectivity index (χ3n) is 5.46. The molecule has 0 unspecified atom stereocenters. The zero-order valence-corrected chi connectivity index (χ0v) is 16.7. The molecular formula is C19H30N6S. The first-order chi connectivity index (χ1) is 12.6. The Bertz CT molecular complexity index is 645. The SMILES string of the molecule is C[C@@H]1C[C@@H](C)CN(c2cc(N3CCCC3)nc(NC(=S)NC3CC3)n2)C1. The van der Waals surface area contributed by atoms with Crippen molar-refractivity contribution in [3.63, 3.8) is 0 Å². The molecule has 4 rings (SSSR count). The Morgan fingerprint density at radius 2 is 1.65 bits per heavy atom. The van der Waals surface area contributed by atoms with E-state index in [2.05, 4.69) is 40.3 Å². The number of thiocarbonyl (C=S) groups is 1. The predicted molar refractivity (Wildman–Crippen MR) is 111 cm³/mol. The van der Waals surface area contributed by atoms with Gasteiger partial charge in [0.2, 0.25) is 5.95 Å². The molecule has 2 aliphatic heterocycles. The highest BCUT2D eigenvalue weighted by Gasteiger charge is 2.26. The Morgan fingerprint density at radius 1 is 1.04 bits per heavy atom. The smallest absolute Gasteiger partial charge is 0.232 e. The highest BCUT2D eigenvalue weighted by molar-refractivity contribution is 7.80. The Morgan fingerprint density at radius 3 is 2.27 bits per heavy atom. The van der Waals surface area contributed by atoms with Crippen LogP contribution in [0.3, 0.4) is 0 Å². The summed E-state index contributed by atoms with van der Waals surface area (Å²) in [5.41, 5.74) is 0. The average molecular weight is 375 g/mol. The van der Waals surface area contributed by atoms with E-state index in [1.165, 1.54) is 32.1 Å². The number of hydrogen-bond acceptors (Lipinski definition) is 5. The molecule has 3 aliphatic rings. The Kier molecular flexibility index (Phi) is 5.16. The maximum absolute atomic E-state index is 5.44. The summed E-state index contributed by atoms with van der Waals surface area (Å²) in [6.45, 7) is 8.94. The molecule has 1 aliphatic carbocycles. The lowest BCUT2D eigenvalue weighted by Crippen LogP contribution is -2.39. The normalized spacial score (nSPS) is 26.1. The van der Waals surface area contributed by atoms with E-state index in [0.717, 1.165) is 37.8 Å². The first-order valence-electron chi connectivity index (χ1n) is 10.0. The fourth-order valence-corrected chi connectivity index (χ4v) is 4.41. The van der Waals surface area contributed by atoms with Gasteiger partial charge in [-0.05, 0) is 56.2 Å². The van der Waals surface area contributed by atoms with Crippen LogP contribution in [-0.4, -0.2) is 47.3 Å². The molecule has 26 heavy (non-hydrogen) atoms. The van der Waals surface area contributed by atoms with Crippen molar-refractivity contribution in [3.8, 4) is 0 Å². The van der Waals surface area contributed by atoms with Gasteiger partial charge in [0.1, 0.15) is 11.6 Å². The molecule has 1 aromatic heterocycles. The van der Waals surface area contributed by atoms with Gasteiger partial charge in [-0.1, -0.05) is 13.8 Å². The largest absolute Gasteiger partial charge is 0.360 e. The third-order valence-corrected chi connectivity index (χ3v) is 5.68. The molecule has 2 atom stereocenters. The predicted octanol–water partition coefficient (Wildman–Crippen LogP) is 3.01. The van der Waals surface area contributed by atoms with Gasteiger partial charge < -0.3 is 20.4 Å². The second kappa shape index (κ2) is 7.55. The van der Waals surface area contributed by atoms with Crippen LogP contribution < -0.4 is 20.4 Å². The fraction of sp³-hybridized carbons (Fsp3) is 0.737. The summed E-state index contributed by atoms with van der Waals surface area (Å²) in [5, 5.41) is 7.18. The summed E-state index contributed by atoms with van der Waals surface area (Å²) in [6, 6.07) is 2.69. The van der Waals surface area contributed by atoms with Crippen LogP contribution >= 0.6 is 12.2 Å². The van der Waals surface area contributed by atoms with Crippen LogP contribution in [0.15, 0.2) is 6.07 Å². The van der Waals surface area contributed by atoms with Crippen molar-refractivity contribution in [1.29, 1.82) is 0 Å². The molecule has 2 N–H and O–H groups in total. The maximum atomic E-state index is 5.44. The van der Waals surface area contributed by atoms with Crippen molar-refractivity contribution < 1.29 is 0 Å². The minimum Gasteiger partial charge on any atom is -0.360 e. The lowest BCUT2D eigenvalue weighted by atomic mass is 9.92. The molecule has 0 radical (unpaired) electrons. The first kappa shape index (κ1) is 17.8. The number of anilines is 3. The molecule has 0 bridgehead atoms. The van der Waals surface area contributed by atoms with Gasteiger partial charge in [-0.3, -0.25) is 0 Å². The number of hydrogen-bond donors (Lipinski definition) is 2. The van der Waals surface area contributed by atoms with Crippen LogP contribution in [0.5, 0.6) is 0 Å². The lowest BCUT2D eigenvalue weighted by molar-refractivity contribution is 0.355. The molecule has 142 valence electrons. The molecule has 2 saturated heterocycles. The van der Waals surface area contributed by atoms with Gasteiger partial charge >= 0.3 is 0 Å². The molecule has 3 heterocycles. The standard InChI is InChI=1S/C19H30N6S/c1-13-9-14(2)12-25(11-13)17-10-16(24-7-3-4-8-24)21-18(22-17)23-19(26)20-15-5-6-15/h10,13-15H,3-9,11-12H2,1-2H3,(H2,20,21,22,23,26)/t13-,14-/m1/s1. The molecule has 1 aromatic rings. The number of nitrogens with zero attached hydrogens (tertiary/aromatic N) is 4. The van der Waals surface area contributed by atoms with Crippen LogP contribution in [0.4, 0.5) is 17.6 Å². The molecule has 3 fully saturated rings. The van der Waals surface area contributed by atoms with E-state index in [9.17, 15) is 0 Å². The van der Waals surface area contributed by atoms with E-state index in [0.29, 0.717) is 28.9 Å². The van der Waals surface area contributed by atoms with E-state index in [1.54, 1.807) is 0 Å². The van der Waals surface area contributed by atoms with Gasteiger partial charge in [0.15, 0.2) is 5.11 Å². The highest BCUT2D eigenvalue weighted by atomic mass is 32.1. The minimum atomic E-state index is 0.528. The Hall–Kier alpha value is -1.63. The molecule has 0 spiro atoms. The summed E-state index contributed by atoms with van der Waals surface area (Å²) in [7, 11) is 0. The number of nitrogens with one attached hydrogen (secondary N) is 2. The summed E-state index contributed by atoms with van der Waals surface area (Å²) >= 11 is 5.44. The summed E-state index contributed by atoms with van der Waals surface area (Å²) < 4.78 is 0. The Labute approximate surface area is 161 Å². The van der Waals surface area contributed by atoms with Gasteiger partial charge in [0.05, 0.1) is 0 Å². The van der Waals surface area contributed by atoms with E-state index >= 15 is 0 Å². The topological polar surface area (TPSA) is 56.3 Å². The van der Waals surface area contributed by atoms with Crippen molar-refractivity contribution in [3.05, 3.63) is 6.07 Å². The molecule has 0 aromatic carbocycles. The zero-order chi connectivity index (χ0) is 18.1. The quantitative estimate of drug-likeness (QED) is 0.786. The first-order valence-corrected chi connectivity index (χ1v) is 10.4. The summed E-state index contributed by atoms with van der Waals surface area (Å²) in [6.07, 6.45) is 6.17. The van der Waals surface area contributed by atoms with Gasteiger partial charge in [0.25, 0.3) is 0 Å². The van der Waals surface area contributed by atoms with Gasteiger partial charge in [-0.2, -0.15) is 9.97 Å². The molecule has 6 nitrogen and oxygen atoms in total. The van der Waals surface area contributed by atoms with Crippen molar-refractivity contribution in [2.75, 3.05) is 41.3 Å². The third kappa shape index (κ3) is 4.37. The molecule has 7 heteroatoms. The second-order valence-corrected chi connectivity index (χ2v) is 8.73. The lowest BCUT2D eigenvalue weighted by Gasteiger charge is -2.36. The summed E-state index contributed by atoms with van der Waals surface area (Å²) in [4.78, 5) is 14.4. The van der Waals surface area contributed by atoms with Crippen LogP contribution in [0.1, 0.15) is 46.0 Å². The van der Waals surface area contributed by atoms with Gasteiger partial charge in [-0.25, -0.2) is 0 Å². The van der Waals surface area contributed by atoms with Crippen molar-refractivity contribution in [2.45, 2.75) is 52.0 Å². The van der Waals surface area contributed by atoms with Crippen LogP contribution in [0.2, 0.25) is 0 Å². The maximum Gasteiger partial charge on any atom is 0.232 e. The molecule has 0 amide bonds. The van der Waals surface area contributed by atoms with Crippen LogP contribution in [0, 0.1) is 11.8 Å². The highest BCUT2D eigenvalue weighted by Crippen LogP contribution is 2.29. The number of piperidine rings is 1. The summed E-state index contributed by atoms with van der Waals surface area (Å²) in [5.74, 6) is 4.05. The monoisotopic (exact) mass is 374 g/mol. The molecule has 1 saturated carbocycles. The van der Waals surface area contributed by atoms with Gasteiger partial charge in [-0.15, -0.1) is 0 Å². The van der Waals surface area contributed by atoms with Crippen LogP contribution in [-0.2, 0) is 0 Å². The van der Waals surface area contributed by atoms with E-state index in [4.69, 9.17) is 22.2 Å². The minimum absolute atomic E-state index is 0.528. The fourth-order valence-electron chi connectivity index (χ4n) is 4.15. The second-order valence-electron chi connectivity index (χ2n) is 8.33. The van der Waals surface area contributed by atoms with E-state index in [1.807, 2.05) is 0 Å². The van der Waals surface area contributed by atoms with Crippen molar-refractivity contribution in [1.82, 2.24) is 15.3 Å². The van der Waals surface area contributed by atoms with Crippen LogP contribution in [0.25, 0.3) is 0 Å². The Balaban J connectivity index is 1.57.